The van der Waals surface area contributed by atoms with Gasteiger partial charge in [0.1, 0.15) is 5.82 Å². The van der Waals surface area contributed by atoms with Crippen molar-refractivity contribution in [1.82, 2.24) is 14.8 Å². The highest BCUT2D eigenvalue weighted by molar-refractivity contribution is 8.00. The van der Waals surface area contributed by atoms with Crippen LogP contribution in [0.15, 0.2) is 53.7 Å². The molecule has 0 unspecified atom stereocenters. The molecule has 1 atom stereocenters. The number of nitrogens with one attached hydrogen (secondary N) is 1. The van der Waals surface area contributed by atoms with Gasteiger partial charge < -0.3 is 5.32 Å². The van der Waals surface area contributed by atoms with Crippen LogP contribution in [0.4, 0.5) is 5.69 Å². The Balaban J connectivity index is 1.76. The average molecular weight is 377 g/mol. The van der Waals surface area contributed by atoms with E-state index in [2.05, 4.69) is 21.6 Å². The molecule has 0 aliphatic carbocycles. The van der Waals surface area contributed by atoms with Crippen molar-refractivity contribution >= 4 is 23.4 Å². The zero-order valence-electron chi connectivity index (χ0n) is 15.3. The molecule has 1 aromatic heterocycles. The summed E-state index contributed by atoms with van der Waals surface area (Å²) in [6, 6.07) is 17.0. The van der Waals surface area contributed by atoms with Gasteiger partial charge in [-0.05, 0) is 51.1 Å². The van der Waals surface area contributed by atoms with Gasteiger partial charge in [0.05, 0.1) is 16.9 Å². The number of thioether (sulfide) groups is 1. The van der Waals surface area contributed by atoms with E-state index in [0.29, 0.717) is 16.4 Å². The topological polar surface area (TPSA) is 83.6 Å². The first-order valence-corrected chi connectivity index (χ1v) is 9.32. The first-order valence-electron chi connectivity index (χ1n) is 8.44. The van der Waals surface area contributed by atoms with Gasteiger partial charge in [-0.25, -0.2) is 0 Å². The van der Waals surface area contributed by atoms with Gasteiger partial charge in [-0.15, -0.1) is 10.2 Å². The molecule has 7 heteroatoms. The molecule has 27 heavy (non-hydrogen) atoms. The highest BCUT2D eigenvalue weighted by Crippen LogP contribution is 2.26. The number of amides is 1. The molecule has 0 bridgehead atoms. The minimum Gasteiger partial charge on any atom is -0.325 e. The van der Waals surface area contributed by atoms with Crippen molar-refractivity contribution in [1.29, 1.82) is 5.26 Å². The van der Waals surface area contributed by atoms with E-state index in [1.807, 2.05) is 49.6 Å². The Bertz CT molecular complexity index is 1000. The second-order valence-corrected chi connectivity index (χ2v) is 7.45. The van der Waals surface area contributed by atoms with Crippen molar-refractivity contribution < 1.29 is 4.79 Å². The largest absolute Gasteiger partial charge is 0.325 e. The van der Waals surface area contributed by atoms with Crippen LogP contribution < -0.4 is 5.32 Å². The van der Waals surface area contributed by atoms with E-state index in [4.69, 9.17) is 5.26 Å². The van der Waals surface area contributed by atoms with Crippen LogP contribution in [-0.4, -0.2) is 25.9 Å². The number of carbonyl (C=O) groups excluding carboxylic acids is 1. The van der Waals surface area contributed by atoms with Crippen LogP contribution in [-0.2, 0) is 4.79 Å². The van der Waals surface area contributed by atoms with Gasteiger partial charge in [0, 0.05) is 11.4 Å². The number of aromatic nitrogens is 3. The van der Waals surface area contributed by atoms with Crippen molar-refractivity contribution in [3.63, 3.8) is 0 Å². The maximum Gasteiger partial charge on any atom is 0.237 e. The molecule has 0 aliphatic rings. The molecule has 136 valence electrons. The van der Waals surface area contributed by atoms with Crippen molar-refractivity contribution in [3.05, 3.63) is 65.5 Å². The van der Waals surface area contributed by atoms with E-state index in [0.717, 1.165) is 11.5 Å². The molecular weight excluding hydrogens is 358 g/mol. The molecule has 3 aromatic rings. The second kappa shape index (κ2) is 8.06. The van der Waals surface area contributed by atoms with Gasteiger partial charge >= 0.3 is 0 Å². The van der Waals surface area contributed by atoms with Crippen molar-refractivity contribution in [3.8, 4) is 11.8 Å². The predicted octanol–water partition coefficient (Wildman–Crippen LogP) is 3.88. The number of nitriles is 1. The van der Waals surface area contributed by atoms with Crippen molar-refractivity contribution in [2.45, 2.75) is 31.2 Å². The molecule has 0 radical (unpaired) electrons. The minimum atomic E-state index is -0.386. The Hall–Kier alpha value is -3.11. The maximum absolute atomic E-state index is 12.5. The normalized spacial score (nSPS) is 11.6. The smallest absolute Gasteiger partial charge is 0.237 e. The van der Waals surface area contributed by atoms with Crippen LogP contribution in [0.2, 0.25) is 0 Å². The molecule has 0 spiro atoms. The van der Waals surface area contributed by atoms with E-state index < -0.39 is 0 Å². The van der Waals surface area contributed by atoms with Crippen LogP contribution in [0.3, 0.4) is 0 Å². The Morgan fingerprint density at radius 2 is 1.93 bits per heavy atom. The second-order valence-electron chi connectivity index (χ2n) is 6.14. The minimum absolute atomic E-state index is 0.161. The van der Waals surface area contributed by atoms with Gasteiger partial charge in [-0.1, -0.05) is 35.5 Å². The van der Waals surface area contributed by atoms with E-state index >= 15 is 0 Å². The summed E-state index contributed by atoms with van der Waals surface area (Å²) in [6.45, 7) is 5.73. The Labute approximate surface area is 162 Å². The molecule has 1 amide bonds. The van der Waals surface area contributed by atoms with Gasteiger partial charge in [0.2, 0.25) is 5.91 Å². The fourth-order valence-electron chi connectivity index (χ4n) is 2.53. The number of benzene rings is 2. The number of nitrogens with zero attached hydrogens (tertiary/aromatic N) is 4. The van der Waals surface area contributed by atoms with Crippen LogP contribution in [0.25, 0.3) is 5.69 Å². The average Bonchev–Trinajstić information content (AvgIpc) is 3.02. The lowest BCUT2D eigenvalue weighted by Gasteiger charge is -2.13. The highest BCUT2D eigenvalue weighted by atomic mass is 32.2. The summed E-state index contributed by atoms with van der Waals surface area (Å²) in [5, 5.41) is 20.5. The SMILES string of the molecule is Cc1ccc(-n2c(C)nnc2S[C@@H](C)C(=O)Nc2cccc(C#N)c2)cc1. The molecule has 6 nitrogen and oxygen atoms in total. The number of hydrogen-bond donors (Lipinski definition) is 1. The zero-order valence-corrected chi connectivity index (χ0v) is 16.1. The third kappa shape index (κ3) is 4.36. The van der Waals surface area contributed by atoms with Gasteiger partial charge in [-0.3, -0.25) is 9.36 Å². The fraction of sp³-hybridized carbons (Fsp3) is 0.200. The summed E-state index contributed by atoms with van der Waals surface area (Å²) in [6.07, 6.45) is 0. The summed E-state index contributed by atoms with van der Waals surface area (Å²) < 4.78 is 1.93. The van der Waals surface area contributed by atoms with Crippen molar-refractivity contribution in [2.24, 2.45) is 0 Å². The standard InChI is InChI=1S/C20H19N5OS/c1-13-7-9-18(10-8-13)25-15(3)23-24-20(25)27-14(2)19(26)22-17-6-4-5-16(11-17)12-21/h4-11,14H,1-3H3,(H,22,26)/t14-/m0/s1. The van der Waals surface area contributed by atoms with E-state index in [9.17, 15) is 4.79 Å². The lowest BCUT2D eigenvalue weighted by Crippen LogP contribution is -2.23. The highest BCUT2D eigenvalue weighted by Gasteiger charge is 2.20. The number of anilines is 1. The molecule has 3 rings (SSSR count). The third-order valence-electron chi connectivity index (χ3n) is 4.00. The monoisotopic (exact) mass is 377 g/mol. The summed E-state index contributed by atoms with van der Waals surface area (Å²) in [7, 11) is 0. The lowest BCUT2D eigenvalue weighted by atomic mass is 10.2. The van der Waals surface area contributed by atoms with Gasteiger partial charge in [-0.2, -0.15) is 5.26 Å². The summed E-state index contributed by atoms with van der Waals surface area (Å²) in [4.78, 5) is 12.5. The first-order chi connectivity index (χ1) is 13.0. The molecule has 2 aromatic carbocycles. The van der Waals surface area contributed by atoms with Crippen LogP contribution >= 0.6 is 11.8 Å². The van der Waals surface area contributed by atoms with Gasteiger partial charge in [0.25, 0.3) is 0 Å². The lowest BCUT2D eigenvalue weighted by molar-refractivity contribution is -0.115. The maximum atomic E-state index is 12.5. The summed E-state index contributed by atoms with van der Waals surface area (Å²) in [5.74, 6) is 0.599. The Morgan fingerprint density at radius 1 is 1.19 bits per heavy atom. The van der Waals surface area contributed by atoms with Gasteiger partial charge in [0.15, 0.2) is 5.16 Å². The zero-order chi connectivity index (χ0) is 19.4. The van der Waals surface area contributed by atoms with Crippen LogP contribution in [0.5, 0.6) is 0 Å². The molecule has 0 fully saturated rings. The number of hydrogen-bond acceptors (Lipinski definition) is 5. The molecule has 0 saturated heterocycles. The number of rotatable bonds is 5. The van der Waals surface area contributed by atoms with Crippen LogP contribution in [0.1, 0.15) is 23.9 Å². The quantitative estimate of drug-likeness (QED) is 0.682. The van der Waals surface area contributed by atoms with Crippen molar-refractivity contribution in [2.75, 3.05) is 5.32 Å². The Morgan fingerprint density at radius 3 is 2.63 bits per heavy atom. The Kier molecular flexibility index (Phi) is 5.57. The van der Waals surface area contributed by atoms with Crippen LogP contribution in [0, 0.1) is 25.2 Å². The summed E-state index contributed by atoms with van der Waals surface area (Å²) >= 11 is 1.34. The molecular formula is C20H19N5OS. The fourth-order valence-corrected chi connectivity index (χ4v) is 3.45. The summed E-state index contributed by atoms with van der Waals surface area (Å²) in [5.41, 5.74) is 3.23. The predicted molar refractivity (Wildman–Crippen MR) is 106 cm³/mol. The third-order valence-corrected chi connectivity index (χ3v) is 5.04. The van der Waals surface area contributed by atoms with E-state index in [1.54, 1.807) is 24.3 Å². The molecule has 0 saturated carbocycles. The van der Waals surface area contributed by atoms with E-state index in [-0.39, 0.29) is 11.2 Å². The molecule has 1 N–H and O–H groups in total. The first kappa shape index (κ1) is 18.7. The molecule has 1 heterocycles. The number of carbonyl (C=O) groups is 1. The molecule has 0 aliphatic heterocycles. The van der Waals surface area contributed by atoms with E-state index in [1.165, 1.54) is 17.3 Å². The number of aryl methyl sites for hydroxylation is 2.